The van der Waals surface area contributed by atoms with Crippen LogP contribution in [0.1, 0.15) is 10.6 Å². The maximum absolute atomic E-state index is 13.1. The number of thiazole rings is 1. The third-order valence-electron chi connectivity index (χ3n) is 3.16. The molecule has 0 aliphatic carbocycles. The Labute approximate surface area is 109 Å². The number of benzene rings is 1. The number of nitrogens with zero attached hydrogens (tertiary/aromatic N) is 2. The molecule has 2 nitrogen and oxygen atoms in total. The second-order valence-corrected chi connectivity index (χ2v) is 5.26. The Kier molecular flexibility index (Phi) is 2.88. The van der Waals surface area contributed by atoms with Crippen LogP contribution in [0.4, 0.5) is 4.39 Å². The number of hydrogen-bond acceptors (Lipinski definition) is 2. The quantitative estimate of drug-likeness (QED) is 0.700. The molecule has 92 valence electrons. The standard InChI is InChI=1S/C14H13FN2S/c1-10-14(18-9-16-10)5-7-17-6-4-11-8-12(15)2-3-13(11)17/h2-4,6,8-9H,5,7H2,1H3. The summed E-state index contributed by atoms with van der Waals surface area (Å²) < 4.78 is 15.3. The van der Waals surface area contributed by atoms with Crippen LogP contribution < -0.4 is 0 Å². The van der Waals surface area contributed by atoms with Crippen LogP contribution in [0, 0.1) is 12.7 Å². The van der Waals surface area contributed by atoms with Crippen LogP contribution in [0.3, 0.4) is 0 Å². The van der Waals surface area contributed by atoms with Gasteiger partial charge in [0.1, 0.15) is 5.82 Å². The molecular formula is C14H13FN2S. The third kappa shape index (κ3) is 2.04. The highest BCUT2D eigenvalue weighted by atomic mass is 32.1. The molecule has 0 radical (unpaired) electrons. The van der Waals surface area contributed by atoms with Gasteiger partial charge >= 0.3 is 0 Å². The molecule has 0 N–H and O–H groups in total. The first-order chi connectivity index (χ1) is 8.74. The predicted octanol–water partition coefficient (Wildman–Crippen LogP) is 3.79. The fraction of sp³-hybridized carbons (Fsp3) is 0.214. The van der Waals surface area contributed by atoms with E-state index in [2.05, 4.69) is 9.55 Å². The van der Waals surface area contributed by atoms with Crippen LogP contribution in [-0.4, -0.2) is 9.55 Å². The average molecular weight is 260 g/mol. The van der Waals surface area contributed by atoms with E-state index in [-0.39, 0.29) is 5.82 Å². The molecule has 0 spiro atoms. The summed E-state index contributed by atoms with van der Waals surface area (Å²) in [5.41, 5.74) is 4.08. The fourth-order valence-electron chi connectivity index (χ4n) is 2.15. The van der Waals surface area contributed by atoms with Gasteiger partial charge in [0.15, 0.2) is 0 Å². The topological polar surface area (TPSA) is 17.8 Å². The maximum Gasteiger partial charge on any atom is 0.123 e. The molecule has 0 atom stereocenters. The van der Waals surface area contributed by atoms with E-state index in [1.165, 1.54) is 10.9 Å². The van der Waals surface area contributed by atoms with Gasteiger partial charge in [0.05, 0.1) is 11.2 Å². The Morgan fingerprint density at radius 2 is 2.22 bits per heavy atom. The van der Waals surface area contributed by atoms with E-state index in [1.807, 2.05) is 30.8 Å². The Balaban J connectivity index is 1.85. The predicted molar refractivity (Wildman–Crippen MR) is 72.5 cm³/mol. The van der Waals surface area contributed by atoms with Crippen LogP contribution in [0.2, 0.25) is 0 Å². The monoisotopic (exact) mass is 260 g/mol. The number of rotatable bonds is 3. The number of hydrogen-bond donors (Lipinski definition) is 0. The highest BCUT2D eigenvalue weighted by Crippen LogP contribution is 2.19. The van der Waals surface area contributed by atoms with Gasteiger partial charge in [-0.05, 0) is 31.2 Å². The minimum atomic E-state index is -0.182. The van der Waals surface area contributed by atoms with E-state index in [9.17, 15) is 4.39 Å². The van der Waals surface area contributed by atoms with Crippen molar-refractivity contribution in [2.45, 2.75) is 19.9 Å². The molecular weight excluding hydrogens is 247 g/mol. The molecule has 0 saturated carbocycles. The lowest BCUT2D eigenvalue weighted by molar-refractivity contribution is 0.629. The molecule has 18 heavy (non-hydrogen) atoms. The number of aryl methyl sites for hydroxylation is 3. The van der Waals surface area contributed by atoms with Crippen LogP contribution in [0.15, 0.2) is 36.0 Å². The lowest BCUT2D eigenvalue weighted by Crippen LogP contribution is -1.99. The fourth-order valence-corrected chi connectivity index (χ4v) is 2.92. The van der Waals surface area contributed by atoms with Gasteiger partial charge in [0, 0.05) is 34.9 Å². The third-order valence-corrected chi connectivity index (χ3v) is 4.15. The Morgan fingerprint density at radius 3 is 3.00 bits per heavy atom. The van der Waals surface area contributed by atoms with Crippen molar-refractivity contribution in [1.29, 1.82) is 0 Å². The van der Waals surface area contributed by atoms with Crippen LogP contribution in [0.25, 0.3) is 10.9 Å². The van der Waals surface area contributed by atoms with Gasteiger partial charge in [-0.1, -0.05) is 0 Å². The molecule has 2 heterocycles. The summed E-state index contributed by atoms with van der Waals surface area (Å²) in [4.78, 5) is 5.57. The van der Waals surface area contributed by atoms with Gasteiger partial charge in [0.25, 0.3) is 0 Å². The molecule has 2 aromatic heterocycles. The van der Waals surface area contributed by atoms with Crippen molar-refractivity contribution in [2.75, 3.05) is 0 Å². The van der Waals surface area contributed by atoms with Gasteiger partial charge in [-0.2, -0.15) is 0 Å². The van der Waals surface area contributed by atoms with Gasteiger partial charge in [-0.15, -0.1) is 11.3 Å². The lowest BCUT2D eigenvalue weighted by Gasteiger charge is -2.04. The van der Waals surface area contributed by atoms with Crippen molar-refractivity contribution in [2.24, 2.45) is 0 Å². The Hall–Kier alpha value is -1.68. The van der Waals surface area contributed by atoms with Gasteiger partial charge in [0.2, 0.25) is 0 Å². The van der Waals surface area contributed by atoms with Gasteiger partial charge < -0.3 is 4.57 Å². The summed E-state index contributed by atoms with van der Waals surface area (Å²) in [7, 11) is 0. The molecule has 3 aromatic rings. The number of aromatic nitrogens is 2. The number of halogens is 1. The van der Waals surface area contributed by atoms with Crippen molar-refractivity contribution in [3.8, 4) is 0 Å². The minimum Gasteiger partial charge on any atom is -0.347 e. The molecule has 3 rings (SSSR count). The second-order valence-electron chi connectivity index (χ2n) is 4.32. The minimum absolute atomic E-state index is 0.182. The zero-order valence-electron chi connectivity index (χ0n) is 10.1. The smallest absolute Gasteiger partial charge is 0.123 e. The Bertz CT molecular complexity index is 684. The highest BCUT2D eigenvalue weighted by molar-refractivity contribution is 7.09. The van der Waals surface area contributed by atoms with Crippen molar-refractivity contribution >= 4 is 22.2 Å². The first-order valence-electron chi connectivity index (χ1n) is 5.87. The molecule has 1 aromatic carbocycles. The summed E-state index contributed by atoms with van der Waals surface area (Å²) in [5, 5.41) is 0.955. The summed E-state index contributed by atoms with van der Waals surface area (Å²) in [6.45, 7) is 2.94. The summed E-state index contributed by atoms with van der Waals surface area (Å²) in [5.74, 6) is -0.182. The van der Waals surface area contributed by atoms with Crippen LogP contribution in [-0.2, 0) is 13.0 Å². The van der Waals surface area contributed by atoms with Crippen molar-refractivity contribution in [3.05, 3.63) is 52.4 Å². The van der Waals surface area contributed by atoms with Crippen molar-refractivity contribution < 1.29 is 4.39 Å². The van der Waals surface area contributed by atoms with Gasteiger partial charge in [-0.3, -0.25) is 0 Å². The SMILES string of the molecule is Cc1ncsc1CCn1ccc2cc(F)ccc21. The number of fused-ring (bicyclic) bond motifs is 1. The molecule has 0 aliphatic heterocycles. The zero-order chi connectivity index (χ0) is 12.5. The lowest BCUT2D eigenvalue weighted by atomic mass is 10.2. The first kappa shape index (κ1) is 11.4. The molecule has 0 fully saturated rings. The van der Waals surface area contributed by atoms with Gasteiger partial charge in [-0.25, -0.2) is 9.37 Å². The van der Waals surface area contributed by atoms with E-state index < -0.39 is 0 Å². The van der Waals surface area contributed by atoms with Crippen LogP contribution >= 0.6 is 11.3 Å². The average Bonchev–Trinajstić information content (AvgIpc) is 2.93. The zero-order valence-corrected chi connectivity index (χ0v) is 10.9. The molecule has 0 saturated heterocycles. The molecule has 0 amide bonds. The normalized spacial score (nSPS) is 11.2. The summed E-state index contributed by atoms with van der Waals surface area (Å²) >= 11 is 1.69. The van der Waals surface area contributed by atoms with E-state index in [4.69, 9.17) is 0 Å². The Morgan fingerprint density at radius 1 is 1.33 bits per heavy atom. The largest absolute Gasteiger partial charge is 0.347 e. The summed E-state index contributed by atoms with van der Waals surface area (Å²) in [6, 6.07) is 6.88. The molecule has 0 bridgehead atoms. The second kappa shape index (κ2) is 4.53. The first-order valence-corrected chi connectivity index (χ1v) is 6.75. The molecule has 0 unspecified atom stereocenters. The maximum atomic E-state index is 13.1. The van der Waals surface area contributed by atoms with E-state index in [0.29, 0.717) is 0 Å². The highest BCUT2D eigenvalue weighted by Gasteiger charge is 2.05. The van der Waals surface area contributed by atoms with E-state index in [1.54, 1.807) is 17.4 Å². The van der Waals surface area contributed by atoms with E-state index in [0.717, 1.165) is 29.6 Å². The summed E-state index contributed by atoms with van der Waals surface area (Å²) in [6.07, 6.45) is 2.98. The van der Waals surface area contributed by atoms with Crippen molar-refractivity contribution in [1.82, 2.24) is 9.55 Å². The molecule has 0 aliphatic rings. The van der Waals surface area contributed by atoms with Crippen LogP contribution in [0.5, 0.6) is 0 Å². The van der Waals surface area contributed by atoms with E-state index >= 15 is 0 Å². The molecule has 4 heteroatoms. The van der Waals surface area contributed by atoms with Crippen molar-refractivity contribution in [3.63, 3.8) is 0 Å².